The van der Waals surface area contributed by atoms with Gasteiger partial charge in [-0.1, -0.05) is 35.3 Å². The van der Waals surface area contributed by atoms with Gasteiger partial charge in [0.2, 0.25) is 0 Å². The van der Waals surface area contributed by atoms with E-state index in [1.807, 2.05) is 6.92 Å². The molecule has 0 fully saturated rings. The van der Waals surface area contributed by atoms with Gasteiger partial charge < -0.3 is 10.1 Å². The maximum atomic E-state index is 13.7. The third kappa shape index (κ3) is 4.15. The Morgan fingerprint density at radius 1 is 1.27 bits per heavy atom. The molecule has 0 saturated heterocycles. The molecule has 26 heavy (non-hydrogen) atoms. The van der Waals surface area contributed by atoms with Gasteiger partial charge in [-0.2, -0.15) is 5.10 Å². The Morgan fingerprint density at radius 3 is 2.88 bits per heavy atom. The summed E-state index contributed by atoms with van der Waals surface area (Å²) in [4.78, 5) is 12.2. The second kappa shape index (κ2) is 7.76. The van der Waals surface area contributed by atoms with Crippen LogP contribution in [0, 0.1) is 12.7 Å². The van der Waals surface area contributed by atoms with Crippen molar-refractivity contribution in [3.63, 3.8) is 0 Å². The number of carbonyl (C=O) groups is 1. The molecule has 0 radical (unpaired) electrons. The van der Waals surface area contributed by atoms with Crippen LogP contribution < -0.4 is 10.1 Å². The van der Waals surface area contributed by atoms with Crippen molar-refractivity contribution in [3.05, 3.63) is 75.8 Å². The minimum absolute atomic E-state index is 0.0339. The Bertz CT molecular complexity index is 959. The van der Waals surface area contributed by atoms with Crippen LogP contribution in [0.25, 0.3) is 0 Å². The molecule has 3 aromatic rings. The lowest BCUT2D eigenvalue weighted by Crippen LogP contribution is -2.15. The van der Waals surface area contributed by atoms with Crippen LogP contribution in [0.4, 0.5) is 10.1 Å². The lowest BCUT2D eigenvalue weighted by Gasteiger charge is -2.08. The first kappa shape index (κ1) is 18.2. The van der Waals surface area contributed by atoms with E-state index < -0.39 is 11.7 Å². The van der Waals surface area contributed by atoms with Crippen molar-refractivity contribution in [1.29, 1.82) is 0 Å². The topological polar surface area (TPSA) is 56.2 Å². The highest BCUT2D eigenvalue weighted by Crippen LogP contribution is 2.31. The molecule has 3 rings (SSSR count). The monoisotopic (exact) mass is 393 g/mol. The molecule has 0 aliphatic carbocycles. The van der Waals surface area contributed by atoms with E-state index in [4.69, 9.17) is 27.9 Å². The zero-order valence-corrected chi connectivity index (χ0v) is 15.2. The number of aryl methyl sites for hydroxylation is 1. The largest absolute Gasteiger partial charge is 0.470 e. The predicted molar refractivity (Wildman–Crippen MR) is 98.4 cm³/mol. The van der Waals surface area contributed by atoms with Crippen LogP contribution in [0.15, 0.2) is 48.7 Å². The first-order valence-corrected chi connectivity index (χ1v) is 8.37. The Kier molecular flexibility index (Phi) is 5.44. The minimum atomic E-state index is -0.519. The zero-order valence-electron chi connectivity index (χ0n) is 13.7. The summed E-state index contributed by atoms with van der Waals surface area (Å²) in [6.45, 7) is 1.84. The number of amides is 1. The normalized spacial score (nSPS) is 10.6. The average Bonchev–Trinajstić information content (AvgIpc) is 3.08. The van der Waals surface area contributed by atoms with E-state index in [0.29, 0.717) is 15.8 Å². The molecule has 2 aromatic carbocycles. The second-order valence-electron chi connectivity index (χ2n) is 5.50. The highest BCUT2D eigenvalue weighted by molar-refractivity contribution is 6.42. The van der Waals surface area contributed by atoms with Crippen LogP contribution in [0.1, 0.15) is 16.1 Å². The number of halogens is 3. The third-order valence-electron chi connectivity index (χ3n) is 3.51. The van der Waals surface area contributed by atoms with Gasteiger partial charge in [0.25, 0.3) is 5.91 Å². The summed E-state index contributed by atoms with van der Waals surface area (Å²) in [6.07, 6.45) is 1.57. The summed E-state index contributed by atoms with van der Waals surface area (Å²) >= 11 is 12.0. The molecule has 8 heteroatoms. The van der Waals surface area contributed by atoms with Gasteiger partial charge >= 0.3 is 0 Å². The molecule has 5 nitrogen and oxygen atoms in total. The second-order valence-corrected chi connectivity index (χ2v) is 6.29. The fourth-order valence-corrected chi connectivity index (χ4v) is 2.55. The van der Waals surface area contributed by atoms with Crippen molar-refractivity contribution >= 4 is 34.8 Å². The van der Waals surface area contributed by atoms with E-state index in [1.165, 1.54) is 16.8 Å². The Morgan fingerprint density at radius 2 is 2.08 bits per heavy atom. The standard InChI is InChI=1S/C18H14Cl2FN3O2/c1-11-5-6-13(21)15(9-11)22-18(25)14-7-8-24(23-14)10-26-16-4-2-3-12(19)17(16)20/h2-9H,10H2,1H3,(H,22,25). The van der Waals surface area contributed by atoms with E-state index in [1.54, 1.807) is 36.5 Å². The number of aromatic nitrogens is 2. The van der Waals surface area contributed by atoms with E-state index in [-0.39, 0.29) is 18.1 Å². The van der Waals surface area contributed by atoms with Crippen LogP contribution in [-0.2, 0) is 6.73 Å². The third-order valence-corrected chi connectivity index (χ3v) is 4.31. The molecule has 0 spiro atoms. The van der Waals surface area contributed by atoms with Gasteiger partial charge in [-0.05, 0) is 42.8 Å². The molecule has 0 aliphatic heterocycles. The molecule has 134 valence electrons. The predicted octanol–water partition coefficient (Wildman–Crippen LogP) is 4.93. The Labute approximate surface area is 159 Å². The fraction of sp³-hybridized carbons (Fsp3) is 0.111. The van der Waals surface area contributed by atoms with Crippen molar-refractivity contribution in [3.8, 4) is 5.75 Å². The maximum absolute atomic E-state index is 13.7. The van der Waals surface area contributed by atoms with Crippen LogP contribution in [0.2, 0.25) is 10.0 Å². The van der Waals surface area contributed by atoms with Crippen molar-refractivity contribution < 1.29 is 13.9 Å². The van der Waals surface area contributed by atoms with E-state index >= 15 is 0 Å². The van der Waals surface area contributed by atoms with Crippen LogP contribution >= 0.6 is 23.2 Å². The number of carbonyl (C=O) groups excluding carboxylic acids is 1. The van der Waals surface area contributed by atoms with Gasteiger partial charge in [-0.3, -0.25) is 4.79 Å². The molecular formula is C18H14Cl2FN3O2. The van der Waals surface area contributed by atoms with Gasteiger partial charge in [0.05, 0.1) is 10.7 Å². The van der Waals surface area contributed by atoms with Crippen molar-refractivity contribution in [1.82, 2.24) is 9.78 Å². The summed E-state index contributed by atoms with van der Waals surface area (Å²) in [5.74, 6) is -0.626. The van der Waals surface area contributed by atoms with E-state index in [9.17, 15) is 9.18 Å². The number of ether oxygens (including phenoxy) is 1. The van der Waals surface area contributed by atoms with Gasteiger partial charge in [0.15, 0.2) is 12.4 Å². The summed E-state index contributed by atoms with van der Waals surface area (Å²) < 4.78 is 20.7. The van der Waals surface area contributed by atoms with Crippen LogP contribution in [0.3, 0.4) is 0 Å². The molecule has 0 saturated carbocycles. The molecule has 0 atom stereocenters. The SMILES string of the molecule is Cc1ccc(F)c(NC(=O)c2ccn(COc3cccc(Cl)c3Cl)n2)c1. The fourth-order valence-electron chi connectivity index (χ4n) is 2.21. The summed E-state index contributed by atoms with van der Waals surface area (Å²) in [6, 6.07) is 11.0. The first-order valence-electron chi connectivity index (χ1n) is 7.62. The van der Waals surface area contributed by atoms with E-state index in [0.717, 1.165) is 5.56 Å². The highest BCUT2D eigenvalue weighted by Gasteiger charge is 2.13. The Balaban J connectivity index is 1.66. The van der Waals surface area contributed by atoms with Crippen LogP contribution in [-0.4, -0.2) is 15.7 Å². The van der Waals surface area contributed by atoms with Crippen molar-refractivity contribution in [2.45, 2.75) is 13.7 Å². The lowest BCUT2D eigenvalue weighted by molar-refractivity contribution is 0.101. The smallest absolute Gasteiger partial charge is 0.276 e. The van der Waals surface area contributed by atoms with Gasteiger partial charge in [0.1, 0.15) is 16.6 Å². The zero-order chi connectivity index (χ0) is 18.7. The van der Waals surface area contributed by atoms with Crippen molar-refractivity contribution in [2.24, 2.45) is 0 Å². The molecular weight excluding hydrogens is 380 g/mol. The van der Waals surface area contributed by atoms with Gasteiger partial charge in [0, 0.05) is 6.20 Å². The summed E-state index contributed by atoms with van der Waals surface area (Å²) in [5.41, 5.74) is 1.07. The van der Waals surface area contributed by atoms with E-state index in [2.05, 4.69) is 10.4 Å². The molecule has 0 aliphatic rings. The summed E-state index contributed by atoms with van der Waals surface area (Å²) in [5, 5.41) is 7.29. The molecule has 0 unspecified atom stereocenters. The minimum Gasteiger partial charge on any atom is -0.470 e. The molecule has 1 N–H and O–H groups in total. The number of rotatable bonds is 5. The summed E-state index contributed by atoms with van der Waals surface area (Å²) in [7, 11) is 0. The highest BCUT2D eigenvalue weighted by atomic mass is 35.5. The quantitative estimate of drug-likeness (QED) is 0.668. The van der Waals surface area contributed by atoms with Crippen LogP contribution in [0.5, 0.6) is 5.75 Å². The van der Waals surface area contributed by atoms with Gasteiger partial charge in [-0.15, -0.1) is 0 Å². The van der Waals surface area contributed by atoms with Gasteiger partial charge in [-0.25, -0.2) is 9.07 Å². The molecule has 1 heterocycles. The number of hydrogen-bond acceptors (Lipinski definition) is 3. The number of nitrogens with one attached hydrogen (secondary N) is 1. The molecule has 1 amide bonds. The number of hydrogen-bond donors (Lipinski definition) is 1. The molecule has 1 aromatic heterocycles. The first-order chi connectivity index (χ1) is 12.4. The number of nitrogens with zero attached hydrogens (tertiary/aromatic N) is 2. The maximum Gasteiger partial charge on any atom is 0.276 e. The molecule has 0 bridgehead atoms. The average molecular weight is 394 g/mol. The van der Waals surface area contributed by atoms with Crippen molar-refractivity contribution in [2.75, 3.05) is 5.32 Å². The lowest BCUT2D eigenvalue weighted by atomic mass is 10.2. The Hall–Kier alpha value is -2.57. The number of anilines is 1. The number of benzene rings is 2.